The van der Waals surface area contributed by atoms with Gasteiger partial charge in [-0.3, -0.25) is 4.72 Å². The maximum Gasteiger partial charge on any atom is 0.273 e. The Balaban J connectivity index is 2.09. The van der Waals surface area contributed by atoms with Crippen LogP contribution in [0.3, 0.4) is 0 Å². The van der Waals surface area contributed by atoms with Crippen molar-refractivity contribution in [3.8, 4) is 5.75 Å². The molecule has 1 N–H and O–H groups in total. The molecule has 0 fully saturated rings. The van der Waals surface area contributed by atoms with Gasteiger partial charge in [-0.1, -0.05) is 29.9 Å². The number of rotatable bonds is 6. The van der Waals surface area contributed by atoms with Crippen molar-refractivity contribution in [3.63, 3.8) is 0 Å². The smallest absolute Gasteiger partial charge is 0.273 e. The van der Waals surface area contributed by atoms with Crippen LogP contribution in [-0.2, 0) is 10.0 Å². The SMILES string of the molecule is CCCOc1ccc(NS(=O)(=O)c2cnc(Cl)s2)cc1. The molecule has 0 bridgehead atoms. The molecule has 0 saturated heterocycles. The molecule has 2 aromatic rings. The molecule has 1 aromatic carbocycles. The van der Waals surface area contributed by atoms with Crippen LogP contribution < -0.4 is 9.46 Å². The normalized spacial score (nSPS) is 11.3. The number of benzene rings is 1. The first-order valence-electron chi connectivity index (χ1n) is 5.88. The molecule has 0 amide bonds. The molecule has 0 radical (unpaired) electrons. The van der Waals surface area contributed by atoms with Gasteiger partial charge in [0, 0.05) is 5.69 Å². The summed E-state index contributed by atoms with van der Waals surface area (Å²) in [7, 11) is -3.64. The minimum absolute atomic E-state index is 0.0776. The summed E-state index contributed by atoms with van der Waals surface area (Å²) < 4.78 is 32.2. The van der Waals surface area contributed by atoms with E-state index in [2.05, 4.69) is 9.71 Å². The van der Waals surface area contributed by atoms with E-state index in [-0.39, 0.29) is 8.68 Å². The number of halogens is 1. The zero-order chi connectivity index (χ0) is 14.6. The Bertz CT molecular complexity index is 668. The summed E-state index contributed by atoms with van der Waals surface area (Å²) in [5.74, 6) is 0.704. The van der Waals surface area contributed by atoms with E-state index in [1.165, 1.54) is 6.20 Å². The van der Waals surface area contributed by atoms with Crippen LogP contribution in [0.25, 0.3) is 0 Å². The van der Waals surface area contributed by atoms with Gasteiger partial charge >= 0.3 is 0 Å². The minimum atomic E-state index is -3.64. The van der Waals surface area contributed by atoms with Gasteiger partial charge in [0.15, 0.2) is 8.68 Å². The number of thiazole rings is 1. The highest BCUT2D eigenvalue weighted by atomic mass is 35.5. The molecule has 0 atom stereocenters. The lowest BCUT2D eigenvalue weighted by Gasteiger charge is -2.08. The third-order valence-corrected chi connectivity index (χ3v) is 5.26. The molecule has 8 heteroatoms. The topological polar surface area (TPSA) is 68.3 Å². The van der Waals surface area contributed by atoms with Gasteiger partial charge in [-0.25, -0.2) is 13.4 Å². The maximum absolute atomic E-state index is 12.0. The number of hydrogen-bond donors (Lipinski definition) is 1. The summed E-state index contributed by atoms with van der Waals surface area (Å²) in [6, 6.07) is 6.72. The second-order valence-corrected chi connectivity index (χ2v) is 7.43. The summed E-state index contributed by atoms with van der Waals surface area (Å²) in [6.45, 7) is 2.65. The Hall–Kier alpha value is -1.31. The fourth-order valence-corrected chi connectivity index (χ4v) is 3.76. The summed E-state index contributed by atoms with van der Waals surface area (Å²) in [4.78, 5) is 3.72. The Morgan fingerprint density at radius 2 is 2.05 bits per heavy atom. The second-order valence-electron chi connectivity index (χ2n) is 3.91. The summed E-state index contributed by atoms with van der Waals surface area (Å²) in [6.07, 6.45) is 2.15. The molecule has 0 aliphatic rings. The van der Waals surface area contributed by atoms with Gasteiger partial charge in [-0.15, -0.1) is 0 Å². The molecule has 1 aromatic heterocycles. The Kier molecular flexibility index (Phi) is 4.85. The molecule has 0 unspecified atom stereocenters. The molecule has 0 aliphatic heterocycles. The monoisotopic (exact) mass is 332 g/mol. The molecule has 1 heterocycles. The fraction of sp³-hybridized carbons (Fsp3) is 0.250. The molecule has 0 aliphatic carbocycles. The third kappa shape index (κ3) is 3.84. The Morgan fingerprint density at radius 3 is 2.60 bits per heavy atom. The van der Waals surface area contributed by atoms with Gasteiger partial charge in [-0.2, -0.15) is 0 Å². The number of nitrogens with zero attached hydrogens (tertiary/aromatic N) is 1. The molecule has 20 heavy (non-hydrogen) atoms. The van der Waals surface area contributed by atoms with E-state index in [1.54, 1.807) is 24.3 Å². The van der Waals surface area contributed by atoms with Crippen LogP contribution in [0.2, 0.25) is 4.47 Å². The van der Waals surface area contributed by atoms with Crippen LogP contribution in [0.5, 0.6) is 5.75 Å². The average molecular weight is 333 g/mol. The summed E-state index contributed by atoms with van der Waals surface area (Å²) >= 11 is 6.54. The molecular formula is C12H13ClN2O3S2. The standard InChI is InChI=1S/C12H13ClN2O3S2/c1-2-7-18-10-5-3-9(4-6-10)15-20(16,17)11-8-14-12(13)19-11/h3-6,8,15H,2,7H2,1H3. The van der Waals surface area contributed by atoms with Gasteiger partial charge in [0.1, 0.15) is 5.75 Å². The number of ether oxygens (including phenoxy) is 1. The zero-order valence-electron chi connectivity index (χ0n) is 10.7. The molecule has 108 valence electrons. The fourth-order valence-electron chi connectivity index (χ4n) is 1.41. The lowest BCUT2D eigenvalue weighted by atomic mass is 10.3. The van der Waals surface area contributed by atoms with Crippen LogP contribution in [0.15, 0.2) is 34.7 Å². The first-order valence-corrected chi connectivity index (χ1v) is 8.56. The van der Waals surface area contributed by atoms with E-state index in [1.807, 2.05) is 6.92 Å². The lowest BCUT2D eigenvalue weighted by molar-refractivity contribution is 0.317. The van der Waals surface area contributed by atoms with Crippen molar-refractivity contribution in [1.82, 2.24) is 4.98 Å². The highest BCUT2D eigenvalue weighted by Gasteiger charge is 2.17. The van der Waals surface area contributed by atoms with E-state index in [4.69, 9.17) is 16.3 Å². The van der Waals surface area contributed by atoms with Crippen molar-refractivity contribution in [1.29, 1.82) is 0 Å². The van der Waals surface area contributed by atoms with Gasteiger partial charge in [0.05, 0.1) is 12.8 Å². The van der Waals surface area contributed by atoms with Crippen LogP contribution in [0.4, 0.5) is 5.69 Å². The van der Waals surface area contributed by atoms with E-state index in [0.29, 0.717) is 18.0 Å². The van der Waals surface area contributed by atoms with Gasteiger partial charge in [-0.05, 0) is 30.7 Å². The average Bonchev–Trinajstić information content (AvgIpc) is 2.85. The number of hydrogen-bond acceptors (Lipinski definition) is 5. The molecule has 0 spiro atoms. The largest absolute Gasteiger partial charge is 0.494 e. The van der Waals surface area contributed by atoms with E-state index >= 15 is 0 Å². The molecule has 0 saturated carbocycles. The maximum atomic E-state index is 12.0. The van der Waals surface area contributed by atoms with Crippen molar-refractivity contribution < 1.29 is 13.2 Å². The van der Waals surface area contributed by atoms with Crippen LogP contribution >= 0.6 is 22.9 Å². The van der Waals surface area contributed by atoms with Gasteiger partial charge < -0.3 is 4.74 Å². The van der Waals surface area contributed by atoms with Crippen molar-refractivity contribution in [2.24, 2.45) is 0 Å². The molecular weight excluding hydrogens is 320 g/mol. The molecule has 2 rings (SSSR count). The zero-order valence-corrected chi connectivity index (χ0v) is 13.1. The van der Waals surface area contributed by atoms with Crippen molar-refractivity contribution in [2.75, 3.05) is 11.3 Å². The Labute approximate surface area is 126 Å². The highest BCUT2D eigenvalue weighted by molar-refractivity contribution is 7.94. The van der Waals surface area contributed by atoms with E-state index < -0.39 is 10.0 Å². The third-order valence-electron chi connectivity index (χ3n) is 2.30. The molecule has 5 nitrogen and oxygen atoms in total. The second kappa shape index (κ2) is 6.43. The number of aromatic nitrogens is 1. The highest BCUT2D eigenvalue weighted by Crippen LogP contribution is 2.25. The summed E-state index contributed by atoms with van der Waals surface area (Å²) in [5, 5.41) is 0. The minimum Gasteiger partial charge on any atom is -0.494 e. The number of anilines is 1. The number of sulfonamides is 1. The van der Waals surface area contributed by atoms with E-state index in [0.717, 1.165) is 17.8 Å². The van der Waals surface area contributed by atoms with Crippen LogP contribution in [-0.4, -0.2) is 20.0 Å². The van der Waals surface area contributed by atoms with Crippen molar-refractivity contribution >= 4 is 38.6 Å². The van der Waals surface area contributed by atoms with Crippen molar-refractivity contribution in [3.05, 3.63) is 34.9 Å². The van der Waals surface area contributed by atoms with E-state index in [9.17, 15) is 8.42 Å². The quantitative estimate of drug-likeness (QED) is 0.880. The first-order chi connectivity index (χ1) is 9.51. The predicted octanol–water partition coefficient (Wildman–Crippen LogP) is 3.39. The first kappa shape index (κ1) is 15.1. The predicted molar refractivity (Wildman–Crippen MR) is 80.2 cm³/mol. The van der Waals surface area contributed by atoms with Crippen LogP contribution in [0, 0.1) is 0 Å². The summed E-state index contributed by atoms with van der Waals surface area (Å²) in [5.41, 5.74) is 0.457. The van der Waals surface area contributed by atoms with Crippen molar-refractivity contribution in [2.45, 2.75) is 17.6 Å². The number of nitrogens with one attached hydrogen (secondary N) is 1. The van der Waals surface area contributed by atoms with Gasteiger partial charge in [0.2, 0.25) is 0 Å². The lowest BCUT2D eigenvalue weighted by Crippen LogP contribution is -2.11. The van der Waals surface area contributed by atoms with Crippen LogP contribution in [0.1, 0.15) is 13.3 Å². The van der Waals surface area contributed by atoms with Gasteiger partial charge in [0.25, 0.3) is 10.0 Å². The Morgan fingerprint density at radius 1 is 1.35 bits per heavy atom.